The molecule has 19 heavy (non-hydrogen) atoms. The molecule has 0 atom stereocenters. The van der Waals surface area contributed by atoms with E-state index < -0.39 is 0 Å². The van der Waals surface area contributed by atoms with Crippen molar-refractivity contribution in [3.8, 4) is 0 Å². The molecule has 0 aliphatic carbocycles. The van der Waals surface area contributed by atoms with Crippen LogP contribution in [0.2, 0.25) is 0 Å². The zero-order chi connectivity index (χ0) is 13.1. The van der Waals surface area contributed by atoms with Gasteiger partial charge in [-0.05, 0) is 12.1 Å². The molecule has 2 aromatic rings. The smallest absolute Gasteiger partial charge is 0.290 e. The van der Waals surface area contributed by atoms with Gasteiger partial charge in [0.05, 0.1) is 17.6 Å². The van der Waals surface area contributed by atoms with Gasteiger partial charge < -0.3 is 19.8 Å². The molecule has 2 N–H and O–H groups in total. The molecule has 1 aromatic heterocycles. The van der Waals surface area contributed by atoms with Gasteiger partial charge in [0.15, 0.2) is 0 Å². The molecular formula is C13H13N3O3. The Morgan fingerprint density at radius 1 is 1.37 bits per heavy atom. The Morgan fingerprint density at radius 3 is 3.05 bits per heavy atom. The number of rotatable bonds is 3. The second kappa shape index (κ2) is 5.01. The number of para-hydroxylation sites is 2. The summed E-state index contributed by atoms with van der Waals surface area (Å²) in [6.45, 7) is 1.18. The van der Waals surface area contributed by atoms with Crippen LogP contribution < -0.4 is 5.32 Å². The van der Waals surface area contributed by atoms with Crippen LogP contribution in [-0.4, -0.2) is 29.1 Å². The highest BCUT2D eigenvalue weighted by molar-refractivity contribution is 5.91. The number of carbonyl (C=O) groups excluding carboxylic acids is 1. The largest absolute Gasteiger partial charge is 0.494 e. The number of carbonyl (C=O) groups is 1. The van der Waals surface area contributed by atoms with Gasteiger partial charge in [0, 0.05) is 0 Å². The number of nitrogens with one attached hydrogen (secondary N) is 2. The number of H-pyrrole nitrogens is 1. The summed E-state index contributed by atoms with van der Waals surface area (Å²) in [6.07, 6.45) is 1.33. The van der Waals surface area contributed by atoms with Gasteiger partial charge in [-0.1, -0.05) is 12.1 Å². The summed E-state index contributed by atoms with van der Waals surface area (Å²) < 4.78 is 10.2. The molecule has 1 amide bonds. The van der Waals surface area contributed by atoms with Gasteiger partial charge in [0.1, 0.15) is 25.3 Å². The molecule has 0 spiro atoms. The predicted octanol–water partition coefficient (Wildman–Crippen LogP) is 1.07. The van der Waals surface area contributed by atoms with Crippen LogP contribution in [-0.2, 0) is 20.8 Å². The Morgan fingerprint density at radius 2 is 2.26 bits per heavy atom. The molecule has 6 nitrogen and oxygen atoms in total. The molecule has 0 unspecified atom stereocenters. The van der Waals surface area contributed by atoms with E-state index in [1.807, 2.05) is 24.3 Å². The number of nitrogens with zero attached hydrogens (tertiary/aromatic N) is 1. The average molecular weight is 259 g/mol. The molecule has 0 saturated carbocycles. The van der Waals surface area contributed by atoms with Crippen LogP contribution in [0.4, 0.5) is 0 Å². The molecule has 1 aliphatic rings. The highest BCUT2D eigenvalue weighted by atomic mass is 16.6. The third kappa shape index (κ3) is 2.52. The first kappa shape index (κ1) is 11.6. The summed E-state index contributed by atoms with van der Waals surface area (Å²) >= 11 is 0. The number of ether oxygens (including phenoxy) is 2. The van der Waals surface area contributed by atoms with E-state index in [-0.39, 0.29) is 11.7 Å². The number of aromatic amines is 1. The fourth-order valence-corrected chi connectivity index (χ4v) is 1.83. The predicted molar refractivity (Wildman–Crippen MR) is 67.9 cm³/mol. The lowest BCUT2D eigenvalue weighted by Gasteiger charge is -2.14. The van der Waals surface area contributed by atoms with Crippen LogP contribution in [0, 0.1) is 0 Å². The lowest BCUT2D eigenvalue weighted by Crippen LogP contribution is -2.28. The topological polar surface area (TPSA) is 76.2 Å². The zero-order valence-electron chi connectivity index (χ0n) is 10.2. The molecule has 98 valence electrons. The molecule has 3 rings (SSSR count). The van der Waals surface area contributed by atoms with Crippen molar-refractivity contribution in [1.82, 2.24) is 15.3 Å². The maximum Gasteiger partial charge on any atom is 0.290 e. The maximum absolute atomic E-state index is 11.8. The first-order chi connectivity index (χ1) is 9.33. The minimum absolute atomic E-state index is 0.197. The molecule has 6 heteroatoms. The molecule has 1 aromatic carbocycles. The Balaban J connectivity index is 1.65. The summed E-state index contributed by atoms with van der Waals surface area (Å²) in [6, 6.07) is 7.70. The van der Waals surface area contributed by atoms with Gasteiger partial charge in [-0.15, -0.1) is 0 Å². The Bertz CT molecular complexity index is 600. The molecule has 0 fully saturated rings. The van der Waals surface area contributed by atoms with E-state index in [2.05, 4.69) is 15.3 Å². The zero-order valence-corrected chi connectivity index (χ0v) is 10.2. The average Bonchev–Trinajstić information content (AvgIpc) is 2.88. The van der Waals surface area contributed by atoms with Gasteiger partial charge in [-0.2, -0.15) is 0 Å². The van der Waals surface area contributed by atoms with E-state index in [0.717, 1.165) is 11.0 Å². The molecule has 0 bridgehead atoms. The summed E-state index contributed by atoms with van der Waals surface area (Å²) in [5, 5.41) is 2.72. The Hall–Kier alpha value is -2.50. The quantitative estimate of drug-likeness (QED) is 0.864. The molecular weight excluding hydrogens is 246 g/mol. The van der Waals surface area contributed by atoms with Crippen LogP contribution in [0.1, 0.15) is 5.82 Å². The van der Waals surface area contributed by atoms with Crippen molar-refractivity contribution in [1.29, 1.82) is 0 Å². The van der Waals surface area contributed by atoms with E-state index in [4.69, 9.17) is 9.47 Å². The minimum Gasteiger partial charge on any atom is -0.494 e. The van der Waals surface area contributed by atoms with Gasteiger partial charge in [-0.3, -0.25) is 4.79 Å². The summed E-state index contributed by atoms with van der Waals surface area (Å²) in [7, 11) is 0. The van der Waals surface area contributed by atoms with E-state index in [9.17, 15) is 4.79 Å². The first-order valence-electron chi connectivity index (χ1n) is 5.99. The summed E-state index contributed by atoms with van der Waals surface area (Å²) in [5.74, 6) is 0.592. The highest BCUT2D eigenvalue weighted by Gasteiger charge is 2.15. The Labute approximate surface area is 109 Å². The Kier molecular flexibility index (Phi) is 3.06. The SMILES string of the molecule is O=C(NCc1nc2ccccc2[nH]1)C1=COCCO1. The minimum atomic E-state index is -0.305. The monoisotopic (exact) mass is 259 g/mol. The van der Waals surface area contributed by atoms with Crippen LogP contribution in [0.15, 0.2) is 36.3 Å². The van der Waals surface area contributed by atoms with E-state index in [1.54, 1.807) is 0 Å². The third-order valence-corrected chi connectivity index (χ3v) is 2.73. The molecule has 1 aliphatic heterocycles. The third-order valence-electron chi connectivity index (χ3n) is 2.73. The van der Waals surface area contributed by atoms with Crippen molar-refractivity contribution < 1.29 is 14.3 Å². The molecule has 0 saturated heterocycles. The van der Waals surface area contributed by atoms with E-state index in [1.165, 1.54) is 6.26 Å². The summed E-state index contributed by atoms with van der Waals surface area (Å²) in [5.41, 5.74) is 1.83. The van der Waals surface area contributed by atoms with E-state index in [0.29, 0.717) is 25.6 Å². The molecule has 2 heterocycles. The van der Waals surface area contributed by atoms with Crippen molar-refractivity contribution in [2.45, 2.75) is 6.54 Å². The second-order valence-corrected chi connectivity index (χ2v) is 4.08. The lowest BCUT2D eigenvalue weighted by atomic mass is 10.3. The fourth-order valence-electron chi connectivity index (χ4n) is 1.83. The number of fused-ring (bicyclic) bond motifs is 1. The van der Waals surface area contributed by atoms with Crippen LogP contribution in [0.3, 0.4) is 0 Å². The van der Waals surface area contributed by atoms with Crippen LogP contribution in [0.25, 0.3) is 11.0 Å². The van der Waals surface area contributed by atoms with Gasteiger partial charge in [-0.25, -0.2) is 4.98 Å². The highest BCUT2D eigenvalue weighted by Crippen LogP contribution is 2.10. The maximum atomic E-state index is 11.8. The standard InChI is InChI=1S/C13H13N3O3/c17-13(11-8-18-5-6-19-11)14-7-12-15-9-3-1-2-4-10(9)16-12/h1-4,8H,5-7H2,(H,14,17)(H,15,16). The molecule has 0 radical (unpaired) electrons. The fraction of sp³-hybridized carbons (Fsp3) is 0.231. The first-order valence-corrected chi connectivity index (χ1v) is 5.99. The number of hydrogen-bond donors (Lipinski definition) is 2. The number of amides is 1. The van der Waals surface area contributed by atoms with Gasteiger partial charge in [0.2, 0.25) is 5.76 Å². The number of aromatic nitrogens is 2. The van der Waals surface area contributed by atoms with Gasteiger partial charge >= 0.3 is 0 Å². The van der Waals surface area contributed by atoms with Crippen molar-refractivity contribution in [3.05, 3.63) is 42.1 Å². The van der Waals surface area contributed by atoms with Crippen LogP contribution in [0.5, 0.6) is 0 Å². The lowest BCUT2D eigenvalue weighted by molar-refractivity contribution is -0.122. The summed E-state index contributed by atoms with van der Waals surface area (Å²) in [4.78, 5) is 19.3. The number of imidazole rings is 1. The normalized spacial score (nSPS) is 14.4. The van der Waals surface area contributed by atoms with Crippen LogP contribution >= 0.6 is 0 Å². The number of benzene rings is 1. The van der Waals surface area contributed by atoms with Crippen molar-refractivity contribution in [2.24, 2.45) is 0 Å². The number of hydrogen-bond acceptors (Lipinski definition) is 4. The van der Waals surface area contributed by atoms with Gasteiger partial charge in [0.25, 0.3) is 5.91 Å². The van der Waals surface area contributed by atoms with Crippen molar-refractivity contribution in [2.75, 3.05) is 13.2 Å². The second-order valence-electron chi connectivity index (χ2n) is 4.08. The van der Waals surface area contributed by atoms with E-state index >= 15 is 0 Å². The van der Waals surface area contributed by atoms with Crippen molar-refractivity contribution >= 4 is 16.9 Å². The van der Waals surface area contributed by atoms with Crippen molar-refractivity contribution in [3.63, 3.8) is 0 Å².